The van der Waals surface area contributed by atoms with Gasteiger partial charge in [0.05, 0.1) is 0 Å². The maximum Gasteiger partial charge on any atom is 0.128 e. The molecule has 27 heavy (non-hydrogen) atoms. The van der Waals surface area contributed by atoms with E-state index in [0.29, 0.717) is 0 Å². The van der Waals surface area contributed by atoms with Crippen LogP contribution in [-0.4, -0.2) is 54.2 Å². The number of hydrogen-bond acceptors (Lipinski definition) is 6. The summed E-state index contributed by atoms with van der Waals surface area (Å²) >= 11 is 0. The summed E-state index contributed by atoms with van der Waals surface area (Å²) in [6.07, 6.45) is 5.57. The predicted octanol–water partition coefficient (Wildman–Crippen LogP) is 2.70. The van der Waals surface area contributed by atoms with Crippen LogP contribution in [0, 0.1) is 0 Å². The molecule has 0 radical (unpaired) electrons. The standard InChI is InChI=1S/C21H24N6/c1-4-10-22-19(7-1)25-13-15-26(20-8-2-5-11-23-20)17-18-27(16-14-25)21-9-3-6-12-24-21/h1-12H,13-18H2. The lowest BCUT2D eigenvalue weighted by Crippen LogP contribution is -2.36. The highest BCUT2D eigenvalue weighted by atomic mass is 15.3. The molecule has 0 N–H and O–H groups in total. The molecular weight excluding hydrogens is 336 g/mol. The topological polar surface area (TPSA) is 48.4 Å². The van der Waals surface area contributed by atoms with Crippen molar-refractivity contribution in [1.29, 1.82) is 0 Å². The zero-order chi connectivity index (χ0) is 18.3. The Morgan fingerprint density at radius 1 is 0.444 bits per heavy atom. The predicted molar refractivity (Wildman–Crippen MR) is 109 cm³/mol. The number of nitrogens with zero attached hydrogens (tertiary/aromatic N) is 6. The van der Waals surface area contributed by atoms with Crippen molar-refractivity contribution in [3.8, 4) is 0 Å². The molecule has 6 heteroatoms. The molecule has 4 rings (SSSR count). The fourth-order valence-corrected chi connectivity index (χ4v) is 3.37. The van der Waals surface area contributed by atoms with Crippen LogP contribution < -0.4 is 14.7 Å². The molecule has 1 aliphatic rings. The molecule has 0 amide bonds. The van der Waals surface area contributed by atoms with Crippen LogP contribution in [0.5, 0.6) is 0 Å². The Kier molecular flexibility index (Phi) is 5.43. The van der Waals surface area contributed by atoms with Crippen LogP contribution in [0.3, 0.4) is 0 Å². The van der Waals surface area contributed by atoms with Gasteiger partial charge in [-0.25, -0.2) is 15.0 Å². The molecule has 0 aromatic carbocycles. The number of hydrogen-bond donors (Lipinski definition) is 0. The van der Waals surface area contributed by atoms with Gasteiger partial charge in [-0.2, -0.15) is 0 Å². The molecule has 6 nitrogen and oxygen atoms in total. The van der Waals surface area contributed by atoms with E-state index in [1.807, 2.05) is 55.0 Å². The van der Waals surface area contributed by atoms with Crippen molar-refractivity contribution in [2.75, 3.05) is 54.0 Å². The number of rotatable bonds is 3. The summed E-state index contributed by atoms with van der Waals surface area (Å²) in [5.74, 6) is 3.05. The number of pyridine rings is 3. The minimum atomic E-state index is 0.906. The van der Waals surface area contributed by atoms with Crippen LogP contribution in [0.2, 0.25) is 0 Å². The highest BCUT2D eigenvalue weighted by Crippen LogP contribution is 2.17. The third kappa shape index (κ3) is 4.34. The maximum absolute atomic E-state index is 4.56. The summed E-state index contributed by atoms with van der Waals surface area (Å²) in [5.41, 5.74) is 0. The van der Waals surface area contributed by atoms with E-state index >= 15 is 0 Å². The van der Waals surface area contributed by atoms with Gasteiger partial charge in [0.15, 0.2) is 0 Å². The lowest BCUT2D eigenvalue weighted by atomic mass is 10.3. The van der Waals surface area contributed by atoms with Crippen LogP contribution in [0.1, 0.15) is 0 Å². The maximum atomic E-state index is 4.56. The summed E-state index contributed by atoms with van der Waals surface area (Å²) in [6, 6.07) is 18.2. The van der Waals surface area contributed by atoms with Gasteiger partial charge in [0, 0.05) is 57.9 Å². The minimum Gasteiger partial charge on any atom is -0.353 e. The first-order valence-electron chi connectivity index (χ1n) is 9.38. The van der Waals surface area contributed by atoms with Crippen LogP contribution in [0.4, 0.5) is 17.5 Å². The Labute approximate surface area is 160 Å². The SMILES string of the molecule is c1ccc(N2CCN(c3ccccn3)CCN(c3ccccn3)CC2)nc1. The van der Waals surface area contributed by atoms with E-state index in [-0.39, 0.29) is 0 Å². The second kappa shape index (κ2) is 8.49. The number of anilines is 3. The van der Waals surface area contributed by atoms with Crippen molar-refractivity contribution in [1.82, 2.24) is 15.0 Å². The molecule has 4 heterocycles. The van der Waals surface area contributed by atoms with E-state index in [2.05, 4.69) is 47.9 Å². The summed E-state index contributed by atoms with van der Waals surface area (Å²) < 4.78 is 0. The molecule has 138 valence electrons. The van der Waals surface area contributed by atoms with Gasteiger partial charge in [-0.1, -0.05) is 18.2 Å². The molecule has 0 unspecified atom stereocenters. The second-order valence-corrected chi connectivity index (χ2v) is 6.52. The van der Waals surface area contributed by atoms with Crippen LogP contribution >= 0.6 is 0 Å². The quantitative estimate of drug-likeness (QED) is 0.716. The van der Waals surface area contributed by atoms with E-state index in [1.54, 1.807) is 0 Å². The fourth-order valence-electron chi connectivity index (χ4n) is 3.37. The lowest BCUT2D eigenvalue weighted by molar-refractivity contribution is 0.750. The first kappa shape index (κ1) is 17.3. The molecule has 0 aliphatic carbocycles. The highest BCUT2D eigenvalue weighted by Gasteiger charge is 2.18. The van der Waals surface area contributed by atoms with Gasteiger partial charge >= 0.3 is 0 Å². The van der Waals surface area contributed by atoms with Crippen molar-refractivity contribution < 1.29 is 0 Å². The Morgan fingerprint density at radius 2 is 0.741 bits per heavy atom. The van der Waals surface area contributed by atoms with Gasteiger partial charge in [0.2, 0.25) is 0 Å². The van der Waals surface area contributed by atoms with E-state index in [1.165, 1.54) is 0 Å². The van der Waals surface area contributed by atoms with Crippen molar-refractivity contribution in [2.24, 2.45) is 0 Å². The fraction of sp³-hybridized carbons (Fsp3) is 0.286. The summed E-state index contributed by atoms with van der Waals surface area (Å²) in [4.78, 5) is 20.7. The summed E-state index contributed by atoms with van der Waals surface area (Å²) in [6.45, 7) is 5.44. The van der Waals surface area contributed by atoms with Crippen molar-refractivity contribution in [2.45, 2.75) is 0 Å². The third-order valence-electron chi connectivity index (χ3n) is 4.84. The normalized spacial score (nSPS) is 15.8. The molecule has 0 atom stereocenters. The number of aromatic nitrogens is 3. The zero-order valence-electron chi connectivity index (χ0n) is 15.4. The molecule has 1 saturated heterocycles. The molecule has 0 saturated carbocycles. The molecule has 0 spiro atoms. The van der Waals surface area contributed by atoms with E-state index < -0.39 is 0 Å². The van der Waals surface area contributed by atoms with Crippen LogP contribution in [0.15, 0.2) is 73.2 Å². The van der Waals surface area contributed by atoms with Gasteiger partial charge in [-0.15, -0.1) is 0 Å². The summed E-state index contributed by atoms with van der Waals surface area (Å²) in [5, 5.41) is 0. The first-order chi connectivity index (χ1) is 13.4. The largest absolute Gasteiger partial charge is 0.353 e. The average molecular weight is 360 g/mol. The average Bonchev–Trinajstić information content (AvgIpc) is 2.86. The van der Waals surface area contributed by atoms with Gasteiger partial charge in [-0.3, -0.25) is 0 Å². The smallest absolute Gasteiger partial charge is 0.128 e. The molecular formula is C21H24N6. The van der Waals surface area contributed by atoms with Gasteiger partial charge < -0.3 is 14.7 Å². The zero-order valence-corrected chi connectivity index (χ0v) is 15.4. The van der Waals surface area contributed by atoms with Crippen molar-refractivity contribution >= 4 is 17.5 Å². The van der Waals surface area contributed by atoms with Gasteiger partial charge in [0.25, 0.3) is 0 Å². The van der Waals surface area contributed by atoms with E-state index in [9.17, 15) is 0 Å². The Bertz CT molecular complexity index is 687. The third-order valence-corrected chi connectivity index (χ3v) is 4.84. The van der Waals surface area contributed by atoms with Crippen molar-refractivity contribution in [3.63, 3.8) is 0 Å². The Morgan fingerprint density at radius 3 is 0.963 bits per heavy atom. The molecule has 3 aromatic heterocycles. The molecule has 3 aromatic rings. The van der Waals surface area contributed by atoms with E-state index in [4.69, 9.17) is 0 Å². The Hall–Kier alpha value is -3.15. The molecule has 1 aliphatic heterocycles. The van der Waals surface area contributed by atoms with Gasteiger partial charge in [0.1, 0.15) is 17.5 Å². The van der Waals surface area contributed by atoms with Crippen molar-refractivity contribution in [3.05, 3.63) is 73.2 Å². The minimum absolute atomic E-state index is 0.906. The molecule has 0 bridgehead atoms. The van der Waals surface area contributed by atoms with E-state index in [0.717, 1.165) is 56.7 Å². The summed E-state index contributed by atoms with van der Waals surface area (Å²) in [7, 11) is 0. The van der Waals surface area contributed by atoms with Crippen LogP contribution in [-0.2, 0) is 0 Å². The highest BCUT2D eigenvalue weighted by molar-refractivity contribution is 5.44. The second-order valence-electron chi connectivity index (χ2n) is 6.52. The first-order valence-corrected chi connectivity index (χ1v) is 9.38. The van der Waals surface area contributed by atoms with Gasteiger partial charge in [-0.05, 0) is 36.4 Å². The lowest BCUT2D eigenvalue weighted by Gasteiger charge is -2.27. The van der Waals surface area contributed by atoms with Crippen LogP contribution in [0.25, 0.3) is 0 Å². The Balaban J connectivity index is 1.60. The monoisotopic (exact) mass is 360 g/mol. The molecule has 1 fully saturated rings.